The van der Waals surface area contributed by atoms with Crippen LogP contribution in [0.2, 0.25) is 0 Å². The third-order valence-corrected chi connectivity index (χ3v) is 3.70. The summed E-state index contributed by atoms with van der Waals surface area (Å²) < 4.78 is 12.8. The van der Waals surface area contributed by atoms with E-state index in [0.29, 0.717) is 12.1 Å². The highest BCUT2D eigenvalue weighted by Gasteiger charge is 2.27. The molecule has 20 heavy (non-hydrogen) atoms. The largest absolute Gasteiger partial charge is 0.338 e. The van der Waals surface area contributed by atoms with Crippen LogP contribution in [0.25, 0.3) is 0 Å². The number of halogens is 1. The Bertz CT molecular complexity index is 487. The zero-order valence-corrected chi connectivity index (χ0v) is 11.3. The molecule has 0 aliphatic carbocycles. The van der Waals surface area contributed by atoms with E-state index >= 15 is 0 Å². The maximum Gasteiger partial charge on any atom is 0.223 e. The Balaban J connectivity index is 1.87. The van der Waals surface area contributed by atoms with Gasteiger partial charge in [-0.25, -0.2) is 4.39 Å². The van der Waals surface area contributed by atoms with Crippen LogP contribution in [0.3, 0.4) is 0 Å². The van der Waals surface area contributed by atoms with Crippen LogP contribution < -0.4 is 5.73 Å². The van der Waals surface area contributed by atoms with Crippen molar-refractivity contribution in [3.63, 3.8) is 0 Å². The molecule has 0 aromatic heterocycles. The van der Waals surface area contributed by atoms with Crippen LogP contribution in [0.15, 0.2) is 24.3 Å². The molecule has 1 aromatic rings. The molecule has 1 aliphatic rings. The second kappa shape index (κ2) is 6.61. The molecule has 0 saturated carbocycles. The normalized spacial score (nSPS) is 18.3. The third kappa shape index (κ3) is 3.42. The number of ketones is 1. The second-order valence-corrected chi connectivity index (χ2v) is 5.05. The molecule has 4 nitrogen and oxygen atoms in total. The fraction of sp³-hybridized carbons (Fsp3) is 0.467. The molecule has 0 bridgehead atoms. The molecular formula is C15H19FN2O2. The molecule has 1 heterocycles. The van der Waals surface area contributed by atoms with Gasteiger partial charge in [-0.3, -0.25) is 9.59 Å². The molecule has 1 unspecified atom stereocenters. The molecule has 1 atom stereocenters. The predicted octanol–water partition coefficient (Wildman–Crippen LogP) is 1.74. The minimum atomic E-state index is -0.375. The Morgan fingerprint density at radius 1 is 1.25 bits per heavy atom. The van der Waals surface area contributed by atoms with Crippen LogP contribution in [0, 0.1) is 5.82 Å². The lowest BCUT2D eigenvalue weighted by Crippen LogP contribution is -2.39. The quantitative estimate of drug-likeness (QED) is 0.834. The molecule has 1 saturated heterocycles. The number of carbonyl (C=O) groups is 2. The molecule has 5 heteroatoms. The number of amides is 1. The van der Waals surface area contributed by atoms with Gasteiger partial charge in [-0.15, -0.1) is 0 Å². The van der Waals surface area contributed by atoms with Crippen molar-refractivity contribution in [1.82, 2.24) is 4.90 Å². The van der Waals surface area contributed by atoms with Crippen LogP contribution in [0.5, 0.6) is 0 Å². The van der Waals surface area contributed by atoms with E-state index in [0.717, 1.165) is 19.4 Å². The third-order valence-electron chi connectivity index (χ3n) is 3.70. The van der Waals surface area contributed by atoms with Gasteiger partial charge in [0.05, 0.1) is 0 Å². The summed E-state index contributed by atoms with van der Waals surface area (Å²) in [4.78, 5) is 25.7. The number of rotatable bonds is 5. The van der Waals surface area contributed by atoms with Crippen LogP contribution in [0.1, 0.15) is 36.0 Å². The Morgan fingerprint density at radius 2 is 1.95 bits per heavy atom. The van der Waals surface area contributed by atoms with Crippen LogP contribution >= 0.6 is 0 Å². The van der Waals surface area contributed by atoms with E-state index in [1.807, 2.05) is 0 Å². The first-order valence-electron chi connectivity index (χ1n) is 6.90. The summed E-state index contributed by atoms with van der Waals surface area (Å²) in [6.45, 7) is 1.20. The van der Waals surface area contributed by atoms with Crippen molar-refractivity contribution in [3.8, 4) is 0 Å². The Hall–Kier alpha value is -1.75. The fourth-order valence-electron chi connectivity index (χ4n) is 2.55. The molecule has 108 valence electrons. The van der Waals surface area contributed by atoms with Crippen molar-refractivity contribution in [3.05, 3.63) is 35.6 Å². The topological polar surface area (TPSA) is 63.4 Å². The Kier molecular flexibility index (Phi) is 4.84. The van der Waals surface area contributed by atoms with E-state index in [-0.39, 0.29) is 36.4 Å². The van der Waals surface area contributed by atoms with Gasteiger partial charge in [0.1, 0.15) is 5.82 Å². The molecule has 1 fully saturated rings. The molecule has 2 N–H and O–H groups in total. The number of nitrogens with zero attached hydrogens (tertiary/aromatic N) is 1. The lowest BCUT2D eigenvalue weighted by atomic mass is 10.1. The van der Waals surface area contributed by atoms with Crippen molar-refractivity contribution in [2.45, 2.75) is 31.7 Å². The number of nitrogens with two attached hydrogens (primary N) is 1. The zero-order valence-electron chi connectivity index (χ0n) is 11.3. The van der Waals surface area contributed by atoms with E-state index in [1.54, 1.807) is 4.90 Å². The zero-order chi connectivity index (χ0) is 14.5. The maximum atomic E-state index is 12.8. The summed E-state index contributed by atoms with van der Waals surface area (Å²) >= 11 is 0. The summed E-state index contributed by atoms with van der Waals surface area (Å²) in [6, 6.07) is 5.50. The number of benzene rings is 1. The predicted molar refractivity (Wildman–Crippen MR) is 73.8 cm³/mol. The highest BCUT2D eigenvalue weighted by atomic mass is 19.1. The van der Waals surface area contributed by atoms with Crippen LogP contribution in [-0.4, -0.2) is 35.7 Å². The number of Topliss-reactive ketones (excluding diaryl/α,β-unsaturated/α-hetero) is 1. The molecule has 1 amide bonds. The first-order chi connectivity index (χ1) is 9.61. The van der Waals surface area contributed by atoms with Crippen LogP contribution in [-0.2, 0) is 4.79 Å². The summed E-state index contributed by atoms with van der Waals surface area (Å²) in [5.41, 5.74) is 6.07. The molecular weight excluding hydrogens is 259 g/mol. The van der Waals surface area contributed by atoms with Gasteiger partial charge in [0.15, 0.2) is 5.78 Å². The van der Waals surface area contributed by atoms with E-state index in [4.69, 9.17) is 5.73 Å². The van der Waals surface area contributed by atoms with Gasteiger partial charge >= 0.3 is 0 Å². The Morgan fingerprint density at radius 3 is 2.60 bits per heavy atom. The highest BCUT2D eigenvalue weighted by Crippen LogP contribution is 2.18. The van der Waals surface area contributed by atoms with Gasteiger partial charge in [0.2, 0.25) is 5.91 Å². The van der Waals surface area contributed by atoms with E-state index in [2.05, 4.69) is 0 Å². The monoisotopic (exact) mass is 278 g/mol. The molecule has 1 aromatic carbocycles. The smallest absolute Gasteiger partial charge is 0.223 e. The van der Waals surface area contributed by atoms with Gasteiger partial charge in [0.25, 0.3) is 0 Å². The Labute approximate surface area is 117 Å². The van der Waals surface area contributed by atoms with Crippen molar-refractivity contribution < 1.29 is 14.0 Å². The summed E-state index contributed by atoms with van der Waals surface area (Å²) in [6.07, 6.45) is 2.25. The first-order valence-corrected chi connectivity index (χ1v) is 6.90. The van der Waals surface area contributed by atoms with Crippen molar-refractivity contribution in [1.29, 1.82) is 0 Å². The fourth-order valence-corrected chi connectivity index (χ4v) is 2.55. The number of hydrogen-bond acceptors (Lipinski definition) is 3. The highest BCUT2D eigenvalue weighted by molar-refractivity contribution is 5.97. The lowest BCUT2D eigenvalue weighted by Gasteiger charge is -2.23. The van der Waals surface area contributed by atoms with E-state index in [1.165, 1.54) is 24.3 Å². The summed E-state index contributed by atoms with van der Waals surface area (Å²) in [5, 5.41) is 0. The van der Waals surface area contributed by atoms with Gasteiger partial charge in [-0.2, -0.15) is 0 Å². The van der Waals surface area contributed by atoms with Crippen molar-refractivity contribution in [2.24, 2.45) is 5.73 Å². The molecule has 2 rings (SSSR count). The van der Waals surface area contributed by atoms with Gasteiger partial charge in [-0.1, -0.05) is 0 Å². The van der Waals surface area contributed by atoms with Crippen molar-refractivity contribution >= 4 is 11.7 Å². The number of carbonyl (C=O) groups excluding carboxylic acids is 2. The van der Waals surface area contributed by atoms with Crippen molar-refractivity contribution in [2.75, 3.05) is 13.1 Å². The maximum absolute atomic E-state index is 12.8. The van der Waals surface area contributed by atoms with Gasteiger partial charge in [-0.05, 0) is 37.1 Å². The van der Waals surface area contributed by atoms with Gasteiger partial charge < -0.3 is 10.6 Å². The summed E-state index contributed by atoms with van der Waals surface area (Å²) in [5.74, 6) is -0.532. The van der Waals surface area contributed by atoms with Crippen LogP contribution in [0.4, 0.5) is 4.39 Å². The standard InChI is InChI=1S/C15H19FN2O2/c16-12-5-3-11(4-6-12)14(19)7-8-15(20)18-9-1-2-13(18)10-17/h3-6,13H,1-2,7-10,17H2. The molecule has 0 spiro atoms. The molecule has 1 aliphatic heterocycles. The number of likely N-dealkylation sites (tertiary alicyclic amines) is 1. The van der Waals surface area contributed by atoms with Gasteiger partial charge in [0, 0.05) is 37.5 Å². The minimum absolute atomic E-state index is 0.0200. The summed E-state index contributed by atoms with van der Waals surface area (Å²) in [7, 11) is 0. The SMILES string of the molecule is NCC1CCCN1C(=O)CCC(=O)c1ccc(F)cc1. The number of hydrogen-bond donors (Lipinski definition) is 1. The average molecular weight is 278 g/mol. The van der Waals surface area contributed by atoms with E-state index < -0.39 is 0 Å². The minimum Gasteiger partial charge on any atom is -0.338 e. The molecule has 0 radical (unpaired) electrons. The average Bonchev–Trinajstić information content (AvgIpc) is 2.93. The second-order valence-electron chi connectivity index (χ2n) is 5.05. The van der Waals surface area contributed by atoms with E-state index in [9.17, 15) is 14.0 Å². The lowest BCUT2D eigenvalue weighted by molar-refractivity contribution is -0.131. The first kappa shape index (κ1) is 14.7.